The molecule has 2 unspecified atom stereocenters. The van der Waals surface area contributed by atoms with E-state index in [-0.39, 0.29) is 18.0 Å². The van der Waals surface area contributed by atoms with Crippen LogP contribution in [0.1, 0.15) is 19.8 Å². The Morgan fingerprint density at radius 1 is 1.58 bits per heavy atom. The van der Waals surface area contributed by atoms with Crippen molar-refractivity contribution in [1.29, 1.82) is 5.26 Å². The third kappa shape index (κ3) is 1.26. The maximum absolute atomic E-state index is 11.1. The van der Waals surface area contributed by atoms with Crippen molar-refractivity contribution in [3.05, 3.63) is 0 Å². The Balaban J connectivity index is 2.83. The largest absolute Gasteiger partial charge is 0.313 e. The summed E-state index contributed by atoms with van der Waals surface area (Å²) in [6, 6.07) is 1.58. The van der Waals surface area contributed by atoms with Gasteiger partial charge in [0.2, 0.25) is 5.91 Å². The van der Waals surface area contributed by atoms with E-state index in [0.29, 0.717) is 6.42 Å². The highest BCUT2D eigenvalue weighted by atomic mass is 16.2. The van der Waals surface area contributed by atoms with E-state index >= 15 is 0 Å². The number of likely N-dealkylation sites (tertiary alicyclic amines) is 1. The summed E-state index contributed by atoms with van der Waals surface area (Å²) in [5.41, 5.74) is 0. The average Bonchev–Trinajstić information content (AvgIpc) is 2.46. The van der Waals surface area contributed by atoms with Crippen LogP contribution in [0.15, 0.2) is 0 Å². The number of amides is 1. The molecule has 1 fully saturated rings. The van der Waals surface area contributed by atoms with Crippen molar-refractivity contribution in [2.24, 2.45) is 0 Å². The van der Waals surface area contributed by atoms with Crippen molar-refractivity contribution in [1.82, 2.24) is 4.90 Å². The molecule has 62 valence electrons. The van der Waals surface area contributed by atoms with Crippen LogP contribution in [0.25, 0.3) is 0 Å². The SMILES string of the molecule is C#CC1CCC(C#N)N1C(C)=O. The molecule has 1 saturated heterocycles. The third-order valence-electron chi connectivity index (χ3n) is 2.09. The lowest BCUT2D eigenvalue weighted by molar-refractivity contribution is -0.129. The van der Waals surface area contributed by atoms with Gasteiger partial charge in [0, 0.05) is 6.92 Å². The van der Waals surface area contributed by atoms with Crippen LogP contribution in [0.5, 0.6) is 0 Å². The molecular weight excluding hydrogens is 152 g/mol. The summed E-state index contributed by atoms with van der Waals surface area (Å²) < 4.78 is 0. The number of hydrogen-bond donors (Lipinski definition) is 0. The van der Waals surface area contributed by atoms with Gasteiger partial charge in [-0.2, -0.15) is 5.26 Å². The number of carbonyl (C=O) groups is 1. The normalized spacial score (nSPS) is 27.8. The van der Waals surface area contributed by atoms with Crippen LogP contribution in [-0.4, -0.2) is 22.9 Å². The molecule has 0 aromatic rings. The van der Waals surface area contributed by atoms with Gasteiger partial charge in [-0.15, -0.1) is 6.42 Å². The molecule has 1 rings (SSSR count). The molecule has 1 aliphatic heterocycles. The number of terminal acetylenes is 1. The highest BCUT2D eigenvalue weighted by molar-refractivity contribution is 5.75. The predicted molar refractivity (Wildman–Crippen MR) is 43.8 cm³/mol. The number of carbonyl (C=O) groups excluding carboxylic acids is 1. The first kappa shape index (κ1) is 8.62. The van der Waals surface area contributed by atoms with E-state index in [1.54, 1.807) is 0 Å². The van der Waals surface area contributed by atoms with Crippen LogP contribution < -0.4 is 0 Å². The predicted octanol–water partition coefficient (Wildman–Crippen LogP) is 0.523. The Kier molecular flexibility index (Phi) is 2.35. The van der Waals surface area contributed by atoms with E-state index in [9.17, 15) is 4.79 Å². The van der Waals surface area contributed by atoms with Gasteiger partial charge in [0.1, 0.15) is 6.04 Å². The second-order valence-corrected chi connectivity index (χ2v) is 2.83. The monoisotopic (exact) mass is 162 g/mol. The summed E-state index contributed by atoms with van der Waals surface area (Å²) in [6.45, 7) is 1.44. The molecule has 0 aromatic carbocycles. The van der Waals surface area contributed by atoms with Gasteiger partial charge in [0.25, 0.3) is 0 Å². The molecule has 1 amide bonds. The van der Waals surface area contributed by atoms with Gasteiger partial charge in [-0.3, -0.25) is 4.79 Å². The van der Waals surface area contributed by atoms with E-state index in [0.717, 1.165) is 6.42 Å². The van der Waals surface area contributed by atoms with Gasteiger partial charge in [-0.25, -0.2) is 0 Å². The minimum atomic E-state index is -0.316. The highest BCUT2D eigenvalue weighted by Crippen LogP contribution is 2.22. The maximum Gasteiger partial charge on any atom is 0.221 e. The molecule has 1 aliphatic rings. The molecule has 1 heterocycles. The number of rotatable bonds is 0. The van der Waals surface area contributed by atoms with Crippen LogP contribution >= 0.6 is 0 Å². The van der Waals surface area contributed by atoms with Gasteiger partial charge in [-0.1, -0.05) is 5.92 Å². The van der Waals surface area contributed by atoms with Crippen molar-refractivity contribution in [2.75, 3.05) is 0 Å². The Morgan fingerprint density at radius 3 is 2.58 bits per heavy atom. The van der Waals surface area contributed by atoms with E-state index < -0.39 is 0 Å². The number of hydrogen-bond acceptors (Lipinski definition) is 2. The molecule has 0 bridgehead atoms. The van der Waals surface area contributed by atoms with Crippen LogP contribution in [0.4, 0.5) is 0 Å². The van der Waals surface area contributed by atoms with E-state index in [2.05, 4.69) is 12.0 Å². The van der Waals surface area contributed by atoms with Gasteiger partial charge in [0.05, 0.1) is 12.1 Å². The smallest absolute Gasteiger partial charge is 0.221 e. The minimum absolute atomic E-state index is 0.109. The molecular formula is C9H10N2O. The fourth-order valence-corrected chi connectivity index (χ4v) is 1.54. The fourth-order valence-electron chi connectivity index (χ4n) is 1.54. The third-order valence-corrected chi connectivity index (χ3v) is 2.09. The second-order valence-electron chi connectivity index (χ2n) is 2.83. The lowest BCUT2D eigenvalue weighted by Gasteiger charge is -2.21. The summed E-state index contributed by atoms with van der Waals surface area (Å²) in [7, 11) is 0. The average molecular weight is 162 g/mol. The Morgan fingerprint density at radius 2 is 2.17 bits per heavy atom. The molecule has 2 atom stereocenters. The fraction of sp³-hybridized carbons (Fsp3) is 0.556. The molecule has 3 heteroatoms. The number of nitriles is 1. The van der Waals surface area contributed by atoms with Crippen molar-refractivity contribution in [3.8, 4) is 18.4 Å². The van der Waals surface area contributed by atoms with E-state index in [4.69, 9.17) is 11.7 Å². The Labute approximate surface area is 72.0 Å². The molecule has 0 spiro atoms. The minimum Gasteiger partial charge on any atom is -0.313 e. The summed E-state index contributed by atoms with van der Waals surface area (Å²) in [6.07, 6.45) is 6.67. The van der Waals surface area contributed by atoms with Crippen molar-refractivity contribution in [3.63, 3.8) is 0 Å². The zero-order valence-electron chi connectivity index (χ0n) is 6.95. The van der Waals surface area contributed by atoms with Gasteiger partial charge in [-0.05, 0) is 12.8 Å². The van der Waals surface area contributed by atoms with Gasteiger partial charge >= 0.3 is 0 Å². The van der Waals surface area contributed by atoms with Crippen LogP contribution in [-0.2, 0) is 4.79 Å². The maximum atomic E-state index is 11.1. The molecule has 12 heavy (non-hydrogen) atoms. The van der Waals surface area contributed by atoms with Crippen molar-refractivity contribution < 1.29 is 4.79 Å². The first-order valence-corrected chi connectivity index (χ1v) is 3.85. The molecule has 0 aromatic heterocycles. The van der Waals surface area contributed by atoms with Gasteiger partial charge < -0.3 is 4.90 Å². The summed E-state index contributed by atoms with van der Waals surface area (Å²) >= 11 is 0. The highest BCUT2D eigenvalue weighted by Gasteiger charge is 2.33. The molecule has 3 nitrogen and oxygen atoms in total. The molecule has 0 radical (unpaired) electrons. The van der Waals surface area contributed by atoms with Crippen LogP contribution in [0.2, 0.25) is 0 Å². The molecule has 0 N–H and O–H groups in total. The van der Waals surface area contributed by atoms with Crippen molar-refractivity contribution in [2.45, 2.75) is 31.8 Å². The van der Waals surface area contributed by atoms with Crippen LogP contribution in [0, 0.1) is 23.7 Å². The Bertz CT molecular complexity index is 249. The summed E-state index contributed by atoms with van der Waals surface area (Å²) in [5.74, 6) is 2.40. The summed E-state index contributed by atoms with van der Waals surface area (Å²) in [4.78, 5) is 12.5. The standard InChI is InChI=1S/C9H10N2O/c1-3-8-4-5-9(6-10)11(8)7(2)12/h1,8-9H,4-5H2,2H3. The Hall–Kier alpha value is -1.48. The molecule has 0 saturated carbocycles. The van der Waals surface area contributed by atoms with E-state index in [1.165, 1.54) is 11.8 Å². The zero-order chi connectivity index (χ0) is 9.14. The zero-order valence-corrected chi connectivity index (χ0v) is 6.95. The lowest BCUT2D eigenvalue weighted by Crippen LogP contribution is -2.38. The van der Waals surface area contributed by atoms with E-state index in [1.807, 2.05) is 0 Å². The number of nitrogens with zero attached hydrogens (tertiary/aromatic N) is 2. The first-order chi connectivity index (χ1) is 5.70. The topological polar surface area (TPSA) is 44.1 Å². The van der Waals surface area contributed by atoms with Crippen molar-refractivity contribution >= 4 is 5.91 Å². The molecule has 0 aliphatic carbocycles. The van der Waals surface area contributed by atoms with Crippen LogP contribution in [0.3, 0.4) is 0 Å². The quantitative estimate of drug-likeness (QED) is 0.487. The summed E-state index contributed by atoms with van der Waals surface area (Å²) in [5, 5.41) is 8.69. The first-order valence-electron chi connectivity index (χ1n) is 3.85. The van der Waals surface area contributed by atoms with Gasteiger partial charge in [0.15, 0.2) is 0 Å². The second kappa shape index (κ2) is 3.28. The lowest BCUT2D eigenvalue weighted by atomic mass is 10.2.